The normalized spacial score (nSPS) is 10.9. The lowest BCUT2D eigenvalue weighted by Crippen LogP contribution is -2.08. The molecule has 1 aromatic carbocycles. The van der Waals surface area contributed by atoms with Crippen LogP contribution in [0.3, 0.4) is 0 Å². The van der Waals surface area contributed by atoms with E-state index in [1.165, 1.54) is 0 Å². The third kappa shape index (κ3) is 4.55. The Labute approximate surface area is 103 Å². The minimum atomic E-state index is 0.131. The fourth-order valence-electron chi connectivity index (χ4n) is 1.27. The minimum absolute atomic E-state index is 0.131. The molecule has 0 atom stereocenters. The summed E-state index contributed by atoms with van der Waals surface area (Å²) >= 11 is 0. The van der Waals surface area contributed by atoms with Gasteiger partial charge in [-0.05, 0) is 24.0 Å². The highest BCUT2D eigenvalue weighted by Gasteiger charge is 2.11. The van der Waals surface area contributed by atoms with E-state index in [0.717, 1.165) is 0 Å². The van der Waals surface area contributed by atoms with E-state index in [1.807, 2.05) is 6.07 Å². The summed E-state index contributed by atoms with van der Waals surface area (Å²) in [5, 5.41) is 9.76. The standard InChI is InChI=1S/C14H22O3/c1-10(2)8-16-13-7-5-6-12(15)14(13)17-9-11(3)4/h5-7,10-11,15H,8-9H2,1-4H3. The van der Waals surface area contributed by atoms with Crippen molar-refractivity contribution in [3.8, 4) is 17.2 Å². The van der Waals surface area contributed by atoms with Crippen molar-refractivity contribution in [3.63, 3.8) is 0 Å². The Morgan fingerprint density at radius 2 is 1.59 bits per heavy atom. The van der Waals surface area contributed by atoms with E-state index in [2.05, 4.69) is 27.7 Å². The van der Waals surface area contributed by atoms with Gasteiger partial charge >= 0.3 is 0 Å². The lowest BCUT2D eigenvalue weighted by atomic mass is 10.2. The van der Waals surface area contributed by atoms with Crippen LogP contribution >= 0.6 is 0 Å². The van der Waals surface area contributed by atoms with Crippen molar-refractivity contribution in [1.82, 2.24) is 0 Å². The van der Waals surface area contributed by atoms with Gasteiger partial charge in [-0.25, -0.2) is 0 Å². The van der Waals surface area contributed by atoms with E-state index in [-0.39, 0.29) is 5.75 Å². The molecule has 0 spiro atoms. The summed E-state index contributed by atoms with van der Waals surface area (Å²) < 4.78 is 11.2. The zero-order chi connectivity index (χ0) is 12.8. The van der Waals surface area contributed by atoms with Crippen LogP contribution in [0.5, 0.6) is 17.2 Å². The SMILES string of the molecule is CC(C)COc1cccc(O)c1OCC(C)C. The van der Waals surface area contributed by atoms with Crippen molar-refractivity contribution in [2.24, 2.45) is 11.8 Å². The first-order chi connectivity index (χ1) is 8.00. The summed E-state index contributed by atoms with van der Waals surface area (Å²) in [6.07, 6.45) is 0. The maximum atomic E-state index is 9.76. The van der Waals surface area contributed by atoms with Gasteiger partial charge < -0.3 is 14.6 Å². The van der Waals surface area contributed by atoms with Crippen molar-refractivity contribution >= 4 is 0 Å². The van der Waals surface area contributed by atoms with Gasteiger partial charge in [0.25, 0.3) is 0 Å². The van der Waals surface area contributed by atoms with Crippen molar-refractivity contribution in [1.29, 1.82) is 0 Å². The van der Waals surface area contributed by atoms with Gasteiger partial charge in [-0.2, -0.15) is 0 Å². The van der Waals surface area contributed by atoms with Crippen LogP contribution in [-0.4, -0.2) is 18.3 Å². The number of rotatable bonds is 6. The molecule has 0 aliphatic heterocycles. The Kier molecular flexibility index (Phi) is 5.13. The van der Waals surface area contributed by atoms with Gasteiger partial charge in [-0.3, -0.25) is 0 Å². The Balaban J connectivity index is 2.76. The molecule has 1 N–H and O–H groups in total. The second kappa shape index (κ2) is 6.38. The molecule has 96 valence electrons. The molecular weight excluding hydrogens is 216 g/mol. The maximum absolute atomic E-state index is 9.76. The van der Waals surface area contributed by atoms with Gasteiger partial charge in [0, 0.05) is 0 Å². The fourth-order valence-corrected chi connectivity index (χ4v) is 1.27. The molecule has 0 aliphatic rings. The zero-order valence-electron chi connectivity index (χ0n) is 11.1. The summed E-state index contributed by atoms with van der Waals surface area (Å²) in [5.41, 5.74) is 0. The fraction of sp³-hybridized carbons (Fsp3) is 0.571. The molecule has 1 rings (SSSR count). The Morgan fingerprint density at radius 1 is 1.00 bits per heavy atom. The van der Waals surface area contributed by atoms with Gasteiger partial charge in [0.1, 0.15) is 0 Å². The molecule has 0 bridgehead atoms. The van der Waals surface area contributed by atoms with Crippen LogP contribution in [0.4, 0.5) is 0 Å². The van der Waals surface area contributed by atoms with Gasteiger partial charge in [0.15, 0.2) is 11.5 Å². The molecule has 1 aromatic rings. The third-order valence-corrected chi connectivity index (χ3v) is 2.09. The number of hydrogen-bond donors (Lipinski definition) is 1. The summed E-state index contributed by atoms with van der Waals surface area (Å²) in [4.78, 5) is 0. The molecule has 0 saturated carbocycles. The molecule has 0 unspecified atom stereocenters. The van der Waals surface area contributed by atoms with E-state index in [9.17, 15) is 5.11 Å². The molecule has 3 nitrogen and oxygen atoms in total. The second-order valence-electron chi connectivity index (χ2n) is 5.01. The molecular formula is C14H22O3. The number of hydrogen-bond acceptors (Lipinski definition) is 3. The summed E-state index contributed by atoms with van der Waals surface area (Å²) in [6.45, 7) is 9.47. The topological polar surface area (TPSA) is 38.7 Å². The van der Waals surface area contributed by atoms with Crippen LogP contribution in [0.2, 0.25) is 0 Å². The highest BCUT2D eigenvalue weighted by atomic mass is 16.5. The molecule has 0 saturated heterocycles. The second-order valence-corrected chi connectivity index (χ2v) is 5.01. The third-order valence-electron chi connectivity index (χ3n) is 2.09. The summed E-state index contributed by atoms with van der Waals surface area (Å²) in [7, 11) is 0. The molecule has 0 aliphatic carbocycles. The van der Waals surface area contributed by atoms with Gasteiger partial charge in [0.05, 0.1) is 13.2 Å². The quantitative estimate of drug-likeness (QED) is 0.824. The molecule has 0 amide bonds. The first kappa shape index (κ1) is 13.7. The van der Waals surface area contributed by atoms with Crippen LogP contribution < -0.4 is 9.47 Å². The highest BCUT2D eigenvalue weighted by Crippen LogP contribution is 2.36. The van der Waals surface area contributed by atoms with E-state index in [4.69, 9.17) is 9.47 Å². The molecule has 3 heteroatoms. The number of para-hydroxylation sites is 1. The maximum Gasteiger partial charge on any atom is 0.203 e. The van der Waals surface area contributed by atoms with Crippen LogP contribution in [-0.2, 0) is 0 Å². The van der Waals surface area contributed by atoms with Crippen LogP contribution in [0.1, 0.15) is 27.7 Å². The Hall–Kier alpha value is -1.38. The summed E-state index contributed by atoms with van der Waals surface area (Å²) in [5.74, 6) is 2.04. The lowest BCUT2D eigenvalue weighted by Gasteiger charge is -2.16. The highest BCUT2D eigenvalue weighted by molar-refractivity contribution is 5.50. The predicted octanol–water partition coefficient (Wildman–Crippen LogP) is 3.46. The predicted molar refractivity (Wildman–Crippen MR) is 68.8 cm³/mol. The number of phenolic OH excluding ortho intramolecular Hbond substituents is 1. The molecule has 0 fully saturated rings. The van der Waals surface area contributed by atoms with Crippen molar-refractivity contribution in [2.75, 3.05) is 13.2 Å². The van der Waals surface area contributed by atoms with E-state index < -0.39 is 0 Å². The minimum Gasteiger partial charge on any atom is -0.504 e. The van der Waals surface area contributed by atoms with E-state index >= 15 is 0 Å². The van der Waals surface area contributed by atoms with Gasteiger partial charge in [0.2, 0.25) is 5.75 Å². The largest absolute Gasteiger partial charge is 0.504 e. The first-order valence-electron chi connectivity index (χ1n) is 6.08. The number of aromatic hydroxyl groups is 1. The first-order valence-corrected chi connectivity index (χ1v) is 6.08. The van der Waals surface area contributed by atoms with Crippen LogP contribution in [0.25, 0.3) is 0 Å². The van der Waals surface area contributed by atoms with Crippen molar-refractivity contribution < 1.29 is 14.6 Å². The van der Waals surface area contributed by atoms with E-state index in [1.54, 1.807) is 12.1 Å². The van der Waals surface area contributed by atoms with Gasteiger partial charge in [-0.15, -0.1) is 0 Å². The number of phenols is 1. The number of benzene rings is 1. The molecule has 0 heterocycles. The molecule has 17 heavy (non-hydrogen) atoms. The Bertz CT molecular complexity index is 345. The molecule has 0 radical (unpaired) electrons. The number of ether oxygens (including phenoxy) is 2. The lowest BCUT2D eigenvalue weighted by molar-refractivity contribution is 0.222. The van der Waals surface area contributed by atoms with E-state index in [0.29, 0.717) is 36.5 Å². The average Bonchev–Trinajstić information content (AvgIpc) is 2.24. The van der Waals surface area contributed by atoms with Crippen LogP contribution in [0.15, 0.2) is 18.2 Å². The summed E-state index contributed by atoms with van der Waals surface area (Å²) in [6, 6.07) is 5.18. The monoisotopic (exact) mass is 238 g/mol. The van der Waals surface area contributed by atoms with Gasteiger partial charge in [-0.1, -0.05) is 33.8 Å². The van der Waals surface area contributed by atoms with Crippen molar-refractivity contribution in [2.45, 2.75) is 27.7 Å². The van der Waals surface area contributed by atoms with Crippen LogP contribution in [0, 0.1) is 11.8 Å². The zero-order valence-corrected chi connectivity index (χ0v) is 11.1. The average molecular weight is 238 g/mol. The molecule has 0 aromatic heterocycles. The Morgan fingerprint density at radius 3 is 2.18 bits per heavy atom. The smallest absolute Gasteiger partial charge is 0.203 e. The van der Waals surface area contributed by atoms with Crippen molar-refractivity contribution in [3.05, 3.63) is 18.2 Å².